The van der Waals surface area contributed by atoms with E-state index in [0.29, 0.717) is 6.54 Å². The number of rotatable bonds is 3. The molecule has 1 aromatic rings. The molecule has 1 aliphatic rings. The van der Waals surface area contributed by atoms with Crippen LogP contribution in [-0.2, 0) is 4.74 Å². The number of pyridine rings is 1. The number of amides is 1. The third-order valence-corrected chi connectivity index (χ3v) is 3.46. The lowest BCUT2D eigenvalue weighted by Crippen LogP contribution is -2.50. The Balaban J connectivity index is 2.41. The lowest BCUT2D eigenvalue weighted by molar-refractivity contribution is -0.384. The summed E-state index contributed by atoms with van der Waals surface area (Å²) in [6.07, 6.45) is 3.66. The largest absolute Gasteiger partial charge is 0.443 e. The van der Waals surface area contributed by atoms with Gasteiger partial charge in [0.05, 0.1) is 11.0 Å². The van der Waals surface area contributed by atoms with Crippen LogP contribution in [0, 0.1) is 10.1 Å². The van der Waals surface area contributed by atoms with Gasteiger partial charge in [-0.05, 0) is 46.2 Å². The summed E-state index contributed by atoms with van der Waals surface area (Å²) in [5, 5.41) is 14.5. The Kier molecular flexibility index (Phi) is 5.15. The second-order valence-electron chi connectivity index (χ2n) is 6.47. The van der Waals surface area contributed by atoms with Gasteiger partial charge in [0, 0.05) is 12.7 Å². The zero-order valence-corrected chi connectivity index (χ0v) is 13.6. The van der Waals surface area contributed by atoms with Gasteiger partial charge in [-0.3, -0.25) is 20.0 Å². The van der Waals surface area contributed by atoms with Crippen LogP contribution in [0.3, 0.4) is 0 Å². The van der Waals surface area contributed by atoms with E-state index in [1.807, 2.05) is 0 Å². The molecular formula is C15H22N4O4. The molecule has 1 aliphatic heterocycles. The number of ether oxygens (including phenoxy) is 1. The molecule has 1 N–H and O–H groups in total. The minimum Gasteiger partial charge on any atom is -0.443 e. The van der Waals surface area contributed by atoms with E-state index in [1.54, 1.807) is 20.8 Å². The lowest BCUT2D eigenvalue weighted by Gasteiger charge is -2.35. The van der Waals surface area contributed by atoms with Gasteiger partial charge in [-0.25, -0.2) is 4.79 Å². The lowest BCUT2D eigenvalue weighted by atomic mass is 10.1. The number of nitrogens with one attached hydrogen (secondary N) is 1. The first-order valence-electron chi connectivity index (χ1n) is 7.61. The van der Waals surface area contributed by atoms with Crippen LogP contribution in [-0.4, -0.2) is 40.7 Å². The number of hydrogen-bond acceptors (Lipinski definition) is 6. The van der Waals surface area contributed by atoms with Gasteiger partial charge in [-0.2, -0.15) is 0 Å². The van der Waals surface area contributed by atoms with Crippen LogP contribution in [0.25, 0.3) is 0 Å². The summed E-state index contributed by atoms with van der Waals surface area (Å²) in [6.45, 7) is 6.74. The molecular weight excluding hydrogens is 300 g/mol. The van der Waals surface area contributed by atoms with Gasteiger partial charge in [-0.15, -0.1) is 0 Å². The molecule has 1 atom stereocenters. The Hall–Kier alpha value is -2.22. The number of carbonyl (C=O) groups excluding carboxylic acids is 1. The van der Waals surface area contributed by atoms with Crippen LogP contribution in [0.5, 0.6) is 0 Å². The number of hydrogen-bond donors (Lipinski definition) is 1. The first kappa shape index (κ1) is 17.1. The highest BCUT2D eigenvalue weighted by atomic mass is 16.6. The van der Waals surface area contributed by atoms with Crippen molar-refractivity contribution in [1.82, 2.24) is 10.3 Å². The van der Waals surface area contributed by atoms with Gasteiger partial charge in [0.2, 0.25) is 0 Å². The van der Waals surface area contributed by atoms with Gasteiger partial charge < -0.3 is 10.1 Å². The topological polar surface area (TPSA) is 97.6 Å². The molecule has 8 heteroatoms. The van der Waals surface area contributed by atoms with Crippen LogP contribution < -0.4 is 10.2 Å². The molecule has 1 amide bonds. The fourth-order valence-corrected chi connectivity index (χ4v) is 2.53. The molecule has 0 aliphatic carbocycles. The highest BCUT2D eigenvalue weighted by Crippen LogP contribution is 2.31. The zero-order chi connectivity index (χ0) is 17.0. The molecule has 0 bridgehead atoms. The van der Waals surface area contributed by atoms with Crippen molar-refractivity contribution in [2.24, 2.45) is 0 Å². The van der Waals surface area contributed by atoms with Crippen LogP contribution >= 0.6 is 0 Å². The van der Waals surface area contributed by atoms with Crippen molar-refractivity contribution in [2.75, 3.05) is 18.0 Å². The smallest absolute Gasteiger partial charge is 0.415 e. The van der Waals surface area contributed by atoms with Crippen LogP contribution in [0.4, 0.5) is 16.2 Å². The number of anilines is 1. The second-order valence-corrected chi connectivity index (χ2v) is 6.47. The van der Waals surface area contributed by atoms with Crippen molar-refractivity contribution in [2.45, 2.75) is 45.3 Å². The number of carbonyl (C=O) groups is 1. The van der Waals surface area contributed by atoms with Gasteiger partial charge in [0.1, 0.15) is 17.5 Å². The second kappa shape index (κ2) is 6.91. The van der Waals surface area contributed by atoms with Crippen molar-refractivity contribution in [3.63, 3.8) is 0 Å². The number of aromatic nitrogens is 1. The van der Waals surface area contributed by atoms with E-state index in [1.165, 1.54) is 17.2 Å². The molecule has 0 saturated carbocycles. The Labute approximate surface area is 135 Å². The maximum Gasteiger partial charge on any atom is 0.415 e. The first-order chi connectivity index (χ1) is 10.8. The van der Waals surface area contributed by atoms with Gasteiger partial charge in [-0.1, -0.05) is 0 Å². The van der Waals surface area contributed by atoms with E-state index in [2.05, 4.69) is 10.3 Å². The predicted octanol–water partition coefficient (Wildman–Crippen LogP) is 2.48. The average molecular weight is 322 g/mol. The molecule has 1 saturated heterocycles. The average Bonchev–Trinajstić information content (AvgIpc) is 2.47. The standard InChI is InChI=1S/C15H22N4O4/c1-15(2,3)23-14(20)18(11-5-4-7-16-9-11)12-6-8-17-10-13(12)19(21)22/h6,8,10-11,16H,4-5,7,9H2,1-3H3/t11-/m1/s1. The van der Waals surface area contributed by atoms with E-state index in [-0.39, 0.29) is 17.4 Å². The van der Waals surface area contributed by atoms with Gasteiger partial charge >= 0.3 is 11.8 Å². The maximum absolute atomic E-state index is 12.7. The Morgan fingerprint density at radius 1 is 1.52 bits per heavy atom. The third kappa shape index (κ3) is 4.38. The van der Waals surface area contributed by atoms with Crippen LogP contribution in [0.2, 0.25) is 0 Å². The van der Waals surface area contributed by atoms with Crippen molar-refractivity contribution in [3.8, 4) is 0 Å². The first-order valence-corrected chi connectivity index (χ1v) is 7.61. The SMILES string of the molecule is CC(C)(C)OC(=O)N(c1ccncc1[N+](=O)[O-])[C@@H]1CCCNC1. The number of nitrogens with zero attached hydrogens (tertiary/aromatic N) is 3. The molecule has 0 aromatic carbocycles. The summed E-state index contributed by atoms with van der Waals surface area (Å²) in [6, 6.07) is 1.29. The van der Waals surface area contributed by atoms with Crippen LogP contribution in [0.1, 0.15) is 33.6 Å². The van der Waals surface area contributed by atoms with E-state index in [0.717, 1.165) is 25.6 Å². The Bertz CT molecular complexity index is 579. The summed E-state index contributed by atoms with van der Waals surface area (Å²) in [7, 11) is 0. The highest BCUT2D eigenvalue weighted by Gasteiger charge is 2.34. The molecule has 2 rings (SSSR count). The van der Waals surface area contributed by atoms with E-state index >= 15 is 0 Å². The van der Waals surface area contributed by atoms with Crippen LogP contribution in [0.15, 0.2) is 18.5 Å². The molecule has 0 radical (unpaired) electrons. The minimum atomic E-state index is -0.681. The highest BCUT2D eigenvalue weighted by molar-refractivity contribution is 5.91. The molecule has 0 unspecified atom stereocenters. The van der Waals surface area contributed by atoms with Gasteiger partial charge in [0.15, 0.2) is 0 Å². The molecule has 2 heterocycles. The predicted molar refractivity (Wildman–Crippen MR) is 85.5 cm³/mol. The van der Waals surface area contributed by atoms with E-state index in [9.17, 15) is 14.9 Å². The summed E-state index contributed by atoms with van der Waals surface area (Å²) in [5.41, 5.74) is -0.670. The van der Waals surface area contributed by atoms with Crippen molar-refractivity contribution >= 4 is 17.5 Å². The molecule has 23 heavy (non-hydrogen) atoms. The molecule has 1 fully saturated rings. The summed E-state index contributed by atoms with van der Waals surface area (Å²) >= 11 is 0. The third-order valence-electron chi connectivity index (χ3n) is 3.46. The van der Waals surface area contributed by atoms with Crippen molar-refractivity contribution in [1.29, 1.82) is 0 Å². The molecule has 1 aromatic heterocycles. The molecule has 126 valence electrons. The quantitative estimate of drug-likeness (QED) is 0.678. The fourth-order valence-electron chi connectivity index (χ4n) is 2.53. The molecule has 8 nitrogen and oxygen atoms in total. The van der Waals surface area contributed by atoms with Crippen molar-refractivity contribution in [3.05, 3.63) is 28.6 Å². The summed E-state index contributed by atoms with van der Waals surface area (Å²) in [5.74, 6) is 0. The monoisotopic (exact) mass is 322 g/mol. The zero-order valence-electron chi connectivity index (χ0n) is 13.6. The number of nitro groups is 1. The number of piperidine rings is 1. The van der Waals surface area contributed by atoms with E-state index in [4.69, 9.17) is 4.74 Å². The van der Waals surface area contributed by atoms with E-state index < -0.39 is 16.6 Å². The Morgan fingerprint density at radius 3 is 2.83 bits per heavy atom. The van der Waals surface area contributed by atoms with Gasteiger partial charge in [0.25, 0.3) is 0 Å². The fraction of sp³-hybridized carbons (Fsp3) is 0.600. The summed E-state index contributed by atoms with van der Waals surface area (Å²) in [4.78, 5) is 28.6. The Morgan fingerprint density at radius 2 is 2.26 bits per heavy atom. The molecule has 0 spiro atoms. The normalized spacial score (nSPS) is 18.3. The minimum absolute atomic E-state index is 0.195. The summed E-state index contributed by atoms with van der Waals surface area (Å²) < 4.78 is 5.46. The maximum atomic E-state index is 12.7. The van der Waals surface area contributed by atoms with Crippen molar-refractivity contribution < 1.29 is 14.5 Å².